The number of carbonyl (C=O) groups is 1. The van der Waals surface area contributed by atoms with Crippen LogP contribution >= 0.6 is 0 Å². The van der Waals surface area contributed by atoms with Crippen LogP contribution in [0.2, 0.25) is 0 Å². The van der Waals surface area contributed by atoms with E-state index in [9.17, 15) is 18.4 Å². The summed E-state index contributed by atoms with van der Waals surface area (Å²) in [5.74, 6) is -2.23. The second-order valence-corrected chi connectivity index (χ2v) is 6.22. The first-order chi connectivity index (χ1) is 12.8. The maximum atomic E-state index is 13.2. The highest BCUT2D eigenvalue weighted by molar-refractivity contribution is 5.90. The molecule has 3 rings (SSSR count). The molecule has 1 amide bonds. The summed E-state index contributed by atoms with van der Waals surface area (Å²) < 4.78 is 27.4. The topological polar surface area (TPSA) is 64.0 Å². The molecule has 0 aliphatic carbocycles. The minimum atomic E-state index is -0.808. The molecule has 2 aromatic carbocycles. The van der Waals surface area contributed by atoms with Crippen LogP contribution in [0.1, 0.15) is 11.1 Å². The Kier molecular flexibility index (Phi) is 5.12. The summed E-state index contributed by atoms with van der Waals surface area (Å²) in [4.78, 5) is 24.2. The van der Waals surface area contributed by atoms with E-state index in [1.807, 2.05) is 32.0 Å². The average molecular weight is 369 g/mol. The molecule has 0 radical (unpaired) electrons. The first kappa shape index (κ1) is 18.4. The van der Waals surface area contributed by atoms with Crippen LogP contribution in [0.15, 0.2) is 53.3 Å². The number of benzene rings is 2. The molecule has 0 fully saturated rings. The van der Waals surface area contributed by atoms with E-state index in [4.69, 9.17) is 0 Å². The van der Waals surface area contributed by atoms with Crippen molar-refractivity contribution >= 4 is 11.6 Å². The highest BCUT2D eigenvalue weighted by Crippen LogP contribution is 2.19. The molecule has 1 N–H and O–H groups in total. The van der Waals surface area contributed by atoms with Crippen LogP contribution in [0.25, 0.3) is 11.3 Å². The van der Waals surface area contributed by atoms with Gasteiger partial charge in [0, 0.05) is 23.4 Å². The number of nitrogens with one attached hydrogen (secondary N) is 1. The maximum Gasteiger partial charge on any atom is 0.267 e. The van der Waals surface area contributed by atoms with E-state index < -0.39 is 23.1 Å². The summed E-state index contributed by atoms with van der Waals surface area (Å²) in [7, 11) is 0. The third-order valence-corrected chi connectivity index (χ3v) is 4.11. The number of amides is 1. The van der Waals surface area contributed by atoms with Crippen LogP contribution in [0, 0.1) is 25.5 Å². The van der Waals surface area contributed by atoms with E-state index >= 15 is 0 Å². The SMILES string of the molecule is Cc1ccc(-c2ccc(=O)n(CC(=O)Nc3cc(F)cc(F)c3)n2)cc1C. The molecule has 1 heterocycles. The number of anilines is 1. The highest BCUT2D eigenvalue weighted by Gasteiger charge is 2.10. The van der Waals surface area contributed by atoms with Crippen LogP contribution in [-0.4, -0.2) is 15.7 Å². The van der Waals surface area contributed by atoms with Crippen LogP contribution in [0.3, 0.4) is 0 Å². The number of hydrogen-bond acceptors (Lipinski definition) is 3. The predicted octanol–water partition coefficient (Wildman–Crippen LogP) is 3.44. The lowest BCUT2D eigenvalue weighted by atomic mass is 10.0. The van der Waals surface area contributed by atoms with E-state index in [-0.39, 0.29) is 12.2 Å². The molecule has 0 atom stereocenters. The van der Waals surface area contributed by atoms with Crippen molar-refractivity contribution in [2.45, 2.75) is 20.4 Å². The van der Waals surface area contributed by atoms with Crippen molar-refractivity contribution in [3.63, 3.8) is 0 Å². The number of carbonyl (C=O) groups excluding carboxylic acids is 1. The van der Waals surface area contributed by atoms with Crippen molar-refractivity contribution in [2.75, 3.05) is 5.32 Å². The molecule has 0 saturated carbocycles. The molecule has 1 aromatic heterocycles. The van der Waals surface area contributed by atoms with Crippen LogP contribution in [-0.2, 0) is 11.3 Å². The fourth-order valence-electron chi connectivity index (χ4n) is 2.58. The van der Waals surface area contributed by atoms with Crippen molar-refractivity contribution in [3.8, 4) is 11.3 Å². The Labute approximate surface area is 154 Å². The van der Waals surface area contributed by atoms with E-state index in [0.717, 1.165) is 33.5 Å². The molecular formula is C20H17F2N3O2. The van der Waals surface area contributed by atoms with E-state index in [1.165, 1.54) is 6.07 Å². The molecule has 0 saturated heterocycles. The lowest BCUT2D eigenvalue weighted by Gasteiger charge is -2.09. The summed E-state index contributed by atoms with van der Waals surface area (Å²) in [6.07, 6.45) is 0. The molecule has 3 aromatic rings. The average Bonchev–Trinajstić information content (AvgIpc) is 2.58. The minimum Gasteiger partial charge on any atom is -0.324 e. The molecule has 7 heteroatoms. The second-order valence-electron chi connectivity index (χ2n) is 6.22. The minimum absolute atomic E-state index is 0.0316. The zero-order valence-corrected chi connectivity index (χ0v) is 14.8. The van der Waals surface area contributed by atoms with Gasteiger partial charge < -0.3 is 5.32 Å². The molecule has 138 valence electrons. The monoisotopic (exact) mass is 369 g/mol. The van der Waals surface area contributed by atoms with Gasteiger partial charge in [0.25, 0.3) is 5.56 Å². The first-order valence-corrected chi connectivity index (χ1v) is 8.23. The molecule has 0 spiro atoms. The van der Waals surface area contributed by atoms with Crippen molar-refractivity contribution < 1.29 is 13.6 Å². The van der Waals surface area contributed by atoms with Crippen molar-refractivity contribution in [3.05, 3.63) is 81.6 Å². The van der Waals surface area contributed by atoms with Crippen LogP contribution in [0.5, 0.6) is 0 Å². The first-order valence-electron chi connectivity index (χ1n) is 8.23. The third kappa shape index (κ3) is 4.44. The number of rotatable bonds is 4. The standard InChI is InChI=1S/C20H17F2N3O2/c1-12-3-4-14(7-13(12)2)18-5-6-20(27)25(24-18)11-19(26)23-17-9-15(21)8-16(22)10-17/h3-10H,11H2,1-2H3,(H,23,26). The maximum absolute atomic E-state index is 13.2. The Morgan fingerprint density at radius 3 is 2.37 bits per heavy atom. The van der Waals surface area contributed by atoms with Gasteiger partial charge in [0.15, 0.2) is 0 Å². The van der Waals surface area contributed by atoms with E-state index in [0.29, 0.717) is 11.8 Å². The van der Waals surface area contributed by atoms with Gasteiger partial charge in [0.1, 0.15) is 18.2 Å². The molecule has 0 aliphatic heterocycles. The van der Waals surface area contributed by atoms with Crippen molar-refractivity contribution in [1.82, 2.24) is 9.78 Å². The van der Waals surface area contributed by atoms with Gasteiger partial charge in [-0.15, -0.1) is 0 Å². The summed E-state index contributed by atoms with van der Waals surface area (Å²) in [5, 5.41) is 6.58. The van der Waals surface area contributed by atoms with Gasteiger partial charge in [0.2, 0.25) is 5.91 Å². The fourth-order valence-corrected chi connectivity index (χ4v) is 2.58. The van der Waals surface area contributed by atoms with Crippen LogP contribution < -0.4 is 10.9 Å². The number of nitrogens with zero attached hydrogens (tertiary/aromatic N) is 2. The Hall–Kier alpha value is -3.35. The Bertz CT molecular complexity index is 1060. The molecular weight excluding hydrogens is 352 g/mol. The summed E-state index contributed by atoms with van der Waals surface area (Å²) in [6, 6.07) is 11.4. The molecule has 5 nitrogen and oxygen atoms in total. The summed E-state index contributed by atoms with van der Waals surface area (Å²) >= 11 is 0. The van der Waals surface area contributed by atoms with Gasteiger partial charge in [-0.3, -0.25) is 9.59 Å². The lowest BCUT2D eigenvalue weighted by Crippen LogP contribution is -2.29. The van der Waals surface area contributed by atoms with Gasteiger partial charge >= 0.3 is 0 Å². The second kappa shape index (κ2) is 7.49. The largest absolute Gasteiger partial charge is 0.324 e. The normalized spacial score (nSPS) is 10.7. The van der Waals surface area contributed by atoms with Crippen molar-refractivity contribution in [2.24, 2.45) is 0 Å². The third-order valence-electron chi connectivity index (χ3n) is 4.11. The fraction of sp³-hybridized carbons (Fsp3) is 0.150. The lowest BCUT2D eigenvalue weighted by molar-refractivity contribution is -0.117. The quantitative estimate of drug-likeness (QED) is 0.766. The van der Waals surface area contributed by atoms with E-state index in [1.54, 1.807) is 6.07 Å². The predicted molar refractivity (Wildman–Crippen MR) is 98.4 cm³/mol. The molecule has 0 unspecified atom stereocenters. The van der Waals surface area contributed by atoms with E-state index in [2.05, 4.69) is 10.4 Å². The Morgan fingerprint density at radius 2 is 1.70 bits per heavy atom. The molecule has 0 bridgehead atoms. The van der Waals surface area contributed by atoms with Gasteiger partial charge in [-0.1, -0.05) is 12.1 Å². The molecule has 27 heavy (non-hydrogen) atoms. The number of halogens is 2. The van der Waals surface area contributed by atoms with Crippen LogP contribution in [0.4, 0.5) is 14.5 Å². The Morgan fingerprint density at radius 1 is 1.00 bits per heavy atom. The smallest absolute Gasteiger partial charge is 0.267 e. The van der Waals surface area contributed by atoms with Crippen molar-refractivity contribution in [1.29, 1.82) is 0 Å². The zero-order chi connectivity index (χ0) is 19.6. The molecule has 0 aliphatic rings. The number of aromatic nitrogens is 2. The van der Waals surface area contributed by atoms with Gasteiger partial charge in [-0.05, 0) is 49.2 Å². The summed E-state index contributed by atoms with van der Waals surface area (Å²) in [5.41, 5.74) is 3.09. The van der Waals surface area contributed by atoms with Gasteiger partial charge in [-0.2, -0.15) is 5.10 Å². The van der Waals surface area contributed by atoms with Gasteiger partial charge in [-0.25, -0.2) is 13.5 Å². The number of hydrogen-bond donors (Lipinski definition) is 1. The highest BCUT2D eigenvalue weighted by atomic mass is 19.1. The number of aryl methyl sites for hydroxylation is 2. The zero-order valence-electron chi connectivity index (χ0n) is 14.8. The summed E-state index contributed by atoms with van der Waals surface area (Å²) in [6.45, 7) is 3.59. The Balaban J connectivity index is 1.83. The van der Waals surface area contributed by atoms with Gasteiger partial charge in [0.05, 0.1) is 5.69 Å².